The Morgan fingerprint density at radius 2 is 1.65 bits per heavy atom. The van der Waals surface area contributed by atoms with E-state index in [2.05, 4.69) is 10.4 Å². The van der Waals surface area contributed by atoms with Gasteiger partial charge in [-0.2, -0.15) is 5.10 Å². The summed E-state index contributed by atoms with van der Waals surface area (Å²) < 4.78 is 15.2. The highest BCUT2D eigenvalue weighted by Crippen LogP contribution is 2.34. The fraction of sp³-hybridized carbons (Fsp3) is 0.148. The highest BCUT2D eigenvalue weighted by molar-refractivity contribution is 6.12. The van der Waals surface area contributed by atoms with Crippen LogP contribution in [0.4, 0.5) is 10.1 Å². The number of benzene rings is 3. The van der Waals surface area contributed by atoms with Gasteiger partial charge in [-0.15, -0.1) is 0 Å². The lowest BCUT2D eigenvalue weighted by Gasteiger charge is -2.43. The lowest BCUT2D eigenvalue weighted by molar-refractivity contribution is -0.126. The average molecular weight is 455 g/mol. The van der Waals surface area contributed by atoms with Gasteiger partial charge in [-0.05, 0) is 42.8 Å². The summed E-state index contributed by atoms with van der Waals surface area (Å²) in [6.45, 7) is 2.18. The predicted octanol–water partition coefficient (Wildman–Crippen LogP) is 4.42. The Hall–Kier alpha value is -4.26. The van der Waals surface area contributed by atoms with Crippen LogP contribution in [0.1, 0.15) is 23.0 Å². The van der Waals surface area contributed by atoms with Gasteiger partial charge in [0, 0.05) is 17.8 Å². The van der Waals surface area contributed by atoms with Crippen LogP contribution in [0.2, 0.25) is 0 Å². The topological polar surface area (TPSA) is 67.2 Å². The molecule has 0 radical (unpaired) electrons. The van der Waals surface area contributed by atoms with Crippen molar-refractivity contribution >= 4 is 17.5 Å². The molecule has 1 aliphatic rings. The highest BCUT2D eigenvalue weighted by Gasteiger charge is 2.48. The van der Waals surface area contributed by atoms with Gasteiger partial charge in [0.05, 0.1) is 12.2 Å². The van der Waals surface area contributed by atoms with E-state index in [0.717, 1.165) is 11.1 Å². The first-order valence-corrected chi connectivity index (χ1v) is 11.0. The second kappa shape index (κ2) is 8.59. The zero-order valence-electron chi connectivity index (χ0n) is 18.6. The maximum absolute atomic E-state index is 13.7. The smallest absolute Gasteiger partial charge is 0.277 e. The minimum absolute atomic E-state index is 0.152. The number of aromatic nitrogens is 2. The molecule has 4 aromatic rings. The summed E-state index contributed by atoms with van der Waals surface area (Å²) in [7, 11) is 0. The molecular formula is C27H23FN4O2. The normalized spacial score (nSPS) is 17.4. The molecule has 0 saturated carbocycles. The third kappa shape index (κ3) is 3.85. The van der Waals surface area contributed by atoms with Gasteiger partial charge in [0.15, 0.2) is 0 Å². The van der Waals surface area contributed by atoms with Crippen LogP contribution in [0.25, 0.3) is 11.3 Å². The number of nitrogens with one attached hydrogen (secondary N) is 1. The fourth-order valence-corrected chi connectivity index (χ4v) is 4.29. The van der Waals surface area contributed by atoms with Gasteiger partial charge in [0.2, 0.25) is 5.91 Å². The Kier molecular flexibility index (Phi) is 5.45. The SMILES string of the molecule is C[C@@]1(C(=O)NCc2ccccc2)Cn2nc(-c3ccccc3)cc2C(=O)N1c1ccc(F)cc1. The van der Waals surface area contributed by atoms with Crippen LogP contribution in [-0.2, 0) is 17.9 Å². The Bertz CT molecular complexity index is 1340. The lowest BCUT2D eigenvalue weighted by atomic mass is 9.93. The molecule has 0 aliphatic carbocycles. The van der Waals surface area contributed by atoms with Crippen molar-refractivity contribution in [2.75, 3.05) is 4.90 Å². The molecule has 7 heteroatoms. The van der Waals surface area contributed by atoms with Crippen molar-refractivity contribution in [2.24, 2.45) is 0 Å². The van der Waals surface area contributed by atoms with E-state index in [1.807, 2.05) is 60.7 Å². The molecule has 0 bridgehead atoms. The minimum Gasteiger partial charge on any atom is -0.350 e. The molecule has 1 N–H and O–H groups in total. The van der Waals surface area contributed by atoms with Crippen LogP contribution in [-0.4, -0.2) is 27.1 Å². The van der Waals surface area contributed by atoms with Crippen LogP contribution in [0.15, 0.2) is 91.0 Å². The Balaban J connectivity index is 1.54. The first kappa shape index (κ1) is 21.6. The molecule has 34 heavy (non-hydrogen) atoms. The molecule has 170 valence electrons. The number of rotatable bonds is 5. The minimum atomic E-state index is -1.28. The van der Waals surface area contributed by atoms with Crippen molar-refractivity contribution in [3.63, 3.8) is 0 Å². The standard InChI is InChI=1S/C27H23FN4O2/c1-27(26(34)29-17-19-8-4-2-5-9-19)18-31-24(16-23(30-31)20-10-6-3-7-11-20)25(33)32(27)22-14-12-21(28)13-15-22/h2-16H,17-18H2,1H3,(H,29,34)/t27-/m0/s1. The molecule has 1 aromatic heterocycles. The van der Waals surface area contributed by atoms with Crippen molar-refractivity contribution in [1.82, 2.24) is 15.1 Å². The van der Waals surface area contributed by atoms with Crippen molar-refractivity contribution in [3.05, 3.63) is 108 Å². The number of nitrogens with zero attached hydrogens (tertiary/aromatic N) is 3. The third-order valence-corrected chi connectivity index (χ3v) is 6.09. The largest absolute Gasteiger partial charge is 0.350 e. The molecule has 1 aliphatic heterocycles. The molecular weight excluding hydrogens is 431 g/mol. The first-order valence-electron chi connectivity index (χ1n) is 11.0. The lowest BCUT2D eigenvalue weighted by Crippen LogP contribution is -2.64. The third-order valence-electron chi connectivity index (χ3n) is 6.09. The fourth-order valence-electron chi connectivity index (χ4n) is 4.29. The van der Waals surface area contributed by atoms with E-state index in [1.54, 1.807) is 17.7 Å². The number of amides is 2. The average Bonchev–Trinajstić information content (AvgIpc) is 3.29. The number of hydrogen-bond donors (Lipinski definition) is 1. The quantitative estimate of drug-likeness (QED) is 0.485. The van der Waals surface area contributed by atoms with Gasteiger partial charge in [0.1, 0.15) is 17.1 Å². The molecule has 1 atom stereocenters. The molecule has 0 saturated heterocycles. The Morgan fingerprint density at radius 1 is 1.00 bits per heavy atom. The number of hydrogen-bond acceptors (Lipinski definition) is 3. The number of carbonyl (C=O) groups is 2. The van der Waals surface area contributed by atoms with Crippen molar-refractivity contribution in [2.45, 2.75) is 25.6 Å². The van der Waals surface area contributed by atoms with Crippen LogP contribution >= 0.6 is 0 Å². The van der Waals surface area contributed by atoms with Gasteiger partial charge >= 0.3 is 0 Å². The summed E-state index contributed by atoms with van der Waals surface area (Å²) in [4.78, 5) is 28.7. The molecule has 2 amide bonds. The molecule has 2 heterocycles. The summed E-state index contributed by atoms with van der Waals surface area (Å²) in [6.07, 6.45) is 0. The maximum atomic E-state index is 13.7. The zero-order valence-corrected chi connectivity index (χ0v) is 18.6. The molecule has 0 spiro atoms. The van der Waals surface area contributed by atoms with E-state index in [-0.39, 0.29) is 18.4 Å². The van der Waals surface area contributed by atoms with E-state index >= 15 is 0 Å². The molecule has 0 fully saturated rings. The summed E-state index contributed by atoms with van der Waals surface area (Å²) in [5.74, 6) is -1.11. The molecule has 5 rings (SSSR count). The van der Waals surface area contributed by atoms with Gasteiger partial charge in [-0.25, -0.2) is 4.39 Å². The van der Waals surface area contributed by atoms with Gasteiger partial charge in [-0.1, -0.05) is 60.7 Å². The van der Waals surface area contributed by atoms with Crippen LogP contribution in [0, 0.1) is 5.82 Å². The second-order valence-corrected chi connectivity index (χ2v) is 8.50. The van der Waals surface area contributed by atoms with E-state index in [4.69, 9.17) is 0 Å². The molecule has 0 unspecified atom stereocenters. The summed E-state index contributed by atoms with van der Waals surface area (Å²) >= 11 is 0. The first-order chi connectivity index (χ1) is 16.5. The van der Waals surface area contributed by atoms with Crippen molar-refractivity contribution in [1.29, 1.82) is 0 Å². The second-order valence-electron chi connectivity index (χ2n) is 8.50. The number of anilines is 1. The van der Waals surface area contributed by atoms with E-state index in [0.29, 0.717) is 23.6 Å². The number of fused-ring (bicyclic) bond motifs is 1. The zero-order chi connectivity index (χ0) is 23.7. The predicted molar refractivity (Wildman–Crippen MR) is 128 cm³/mol. The van der Waals surface area contributed by atoms with Gasteiger partial charge in [0.25, 0.3) is 5.91 Å². The van der Waals surface area contributed by atoms with E-state index < -0.39 is 11.4 Å². The number of carbonyl (C=O) groups excluding carboxylic acids is 2. The summed E-state index contributed by atoms with van der Waals surface area (Å²) in [5, 5.41) is 7.60. The molecule has 3 aromatic carbocycles. The Morgan fingerprint density at radius 3 is 2.32 bits per heavy atom. The molecule has 6 nitrogen and oxygen atoms in total. The van der Waals surface area contributed by atoms with E-state index in [1.165, 1.54) is 29.2 Å². The Labute approximate surface area is 196 Å². The van der Waals surface area contributed by atoms with Crippen molar-refractivity contribution in [3.8, 4) is 11.3 Å². The summed E-state index contributed by atoms with van der Waals surface area (Å²) in [5.41, 5.74) is 2.00. The monoisotopic (exact) mass is 454 g/mol. The van der Waals surface area contributed by atoms with Gasteiger partial charge in [-0.3, -0.25) is 19.2 Å². The van der Waals surface area contributed by atoms with Crippen molar-refractivity contribution < 1.29 is 14.0 Å². The van der Waals surface area contributed by atoms with Gasteiger partial charge < -0.3 is 5.32 Å². The number of halogens is 1. The van der Waals surface area contributed by atoms with Crippen LogP contribution < -0.4 is 10.2 Å². The maximum Gasteiger partial charge on any atom is 0.277 e. The van der Waals surface area contributed by atoms with E-state index in [9.17, 15) is 14.0 Å². The van der Waals surface area contributed by atoms with Crippen LogP contribution in [0.3, 0.4) is 0 Å². The summed E-state index contributed by atoms with van der Waals surface area (Å²) in [6, 6.07) is 26.4. The highest BCUT2D eigenvalue weighted by atomic mass is 19.1. The van der Waals surface area contributed by atoms with Crippen LogP contribution in [0.5, 0.6) is 0 Å².